The third-order valence-electron chi connectivity index (χ3n) is 3.54. The molecule has 1 heterocycles. The molecule has 0 radical (unpaired) electrons. The van der Waals surface area contributed by atoms with Gasteiger partial charge in [0.1, 0.15) is 0 Å². The quantitative estimate of drug-likeness (QED) is 0.650. The van der Waals surface area contributed by atoms with Crippen LogP contribution in [0.3, 0.4) is 0 Å². The van der Waals surface area contributed by atoms with E-state index < -0.39 is 5.97 Å². The van der Waals surface area contributed by atoms with Crippen molar-refractivity contribution in [1.82, 2.24) is 10.6 Å². The lowest BCUT2D eigenvalue weighted by molar-refractivity contribution is -0.138. The molecule has 1 rings (SSSR count). The Kier molecular flexibility index (Phi) is 6.84. The van der Waals surface area contributed by atoms with E-state index in [1.165, 1.54) is 0 Å². The van der Waals surface area contributed by atoms with Crippen LogP contribution in [0.1, 0.15) is 39.5 Å². The van der Waals surface area contributed by atoms with Gasteiger partial charge in [0.2, 0.25) is 5.91 Å². The number of nitrogens with one attached hydrogen (secondary N) is 2. The maximum Gasteiger partial charge on any atom is 0.303 e. The summed E-state index contributed by atoms with van der Waals surface area (Å²) < 4.78 is 0. The summed E-state index contributed by atoms with van der Waals surface area (Å²) in [5, 5.41) is 15.1. The van der Waals surface area contributed by atoms with Gasteiger partial charge in [0, 0.05) is 18.9 Å². The first-order valence-corrected chi connectivity index (χ1v) is 7.19. The molecule has 5 heteroatoms. The largest absolute Gasteiger partial charge is 0.481 e. The van der Waals surface area contributed by atoms with Crippen LogP contribution in [0.5, 0.6) is 0 Å². The fraction of sp³-hybridized carbons (Fsp3) is 0.857. The second-order valence-electron chi connectivity index (χ2n) is 5.86. The Hall–Kier alpha value is -1.10. The van der Waals surface area contributed by atoms with E-state index in [0.29, 0.717) is 12.5 Å². The Morgan fingerprint density at radius 1 is 1.32 bits per heavy atom. The summed E-state index contributed by atoms with van der Waals surface area (Å²) in [5.74, 6) is -0.142. The average molecular weight is 270 g/mol. The molecule has 5 nitrogen and oxygen atoms in total. The zero-order valence-corrected chi connectivity index (χ0v) is 11.9. The fourth-order valence-electron chi connectivity index (χ4n) is 2.63. The summed E-state index contributed by atoms with van der Waals surface area (Å²) in [6, 6.07) is 0. The minimum Gasteiger partial charge on any atom is -0.481 e. The zero-order valence-electron chi connectivity index (χ0n) is 11.9. The van der Waals surface area contributed by atoms with Crippen LogP contribution in [0.4, 0.5) is 0 Å². The molecule has 0 bridgehead atoms. The number of rotatable bonds is 7. The van der Waals surface area contributed by atoms with Gasteiger partial charge < -0.3 is 15.7 Å². The van der Waals surface area contributed by atoms with Gasteiger partial charge in [-0.25, -0.2) is 0 Å². The molecule has 1 unspecified atom stereocenters. The second kappa shape index (κ2) is 8.15. The van der Waals surface area contributed by atoms with E-state index >= 15 is 0 Å². The van der Waals surface area contributed by atoms with Crippen molar-refractivity contribution in [3.63, 3.8) is 0 Å². The first kappa shape index (κ1) is 16.0. The Balaban J connectivity index is 2.36. The van der Waals surface area contributed by atoms with Crippen molar-refractivity contribution in [1.29, 1.82) is 0 Å². The molecule has 1 fully saturated rings. The van der Waals surface area contributed by atoms with Gasteiger partial charge in [-0.3, -0.25) is 9.59 Å². The summed E-state index contributed by atoms with van der Waals surface area (Å²) in [6.45, 7) is 6.41. The van der Waals surface area contributed by atoms with E-state index in [2.05, 4.69) is 24.5 Å². The van der Waals surface area contributed by atoms with Gasteiger partial charge in [-0.05, 0) is 44.2 Å². The highest BCUT2D eigenvalue weighted by Crippen LogP contribution is 2.16. The van der Waals surface area contributed by atoms with Gasteiger partial charge in [-0.2, -0.15) is 0 Å². The summed E-state index contributed by atoms with van der Waals surface area (Å²) in [6.07, 6.45) is 2.71. The molecule has 0 spiro atoms. The van der Waals surface area contributed by atoms with Gasteiger partial charge in [-0.1, -0.05) is 13.8 Å². The van der Waals surface area contributed by atoms with E-state index in [-0.39, 0.29) is 24.2 Å². The first-order chi connectivity index (χ1) is 8.99. The summed E-state index contributed by atoms with van der Waals surface area (Å²) in [7, 11) is 0. The molecule has 1 aliphatic heterocycles. The molecule has 0 aromatic heterocycles. The molecular weight excluding hydrogens is 244 g/mol. The smallest absolute Gasteiger partial charge is 0.303 e. The van der Waals surface area contributed by atoms with E-state index in [0.717, 1.165) is 32.4 Å². The van der Waals surface area contributed by atoms with Crippen LogP contribution in [0.15, 0.2) is 0 Å². The summed E-state index contributed by atoms with van der Waals surface area (Å²) >= 11 is 0. The van der Waals surface area contributed by atoms with E-state index in [4.69, 9.17) is 5.11 Å². The summed E-state index contributed by atoms with van der Waals surface area (Å²) in [5.41, 5.74) is 0. The third kappa shape index (κ3) is 6.57. The van der Waals surface area contributed by atoms with Crippen molar-refractivity contribution in [3.05, 3.63) is 0 Å². The highest BCUT2D eigenvalue weighted by atomic mass is 16.4. The van der Waals surface area contributed by atoms with Gasteiger partial charge in [0.05, 0.1) is 0 Å². The lowest BCUT2D eigenvalue weighted by Gasteiger charge is -2.23. The minimum atomic E-state index is -0.790. The number of piperidine rings is 1. The van der Waals surface area contributed by atoms with Crippen LogP contribution in [0.2, 0.25) is 0 Å². The van der Waals surface area contributed by atoms with E-state index in [1.807, 2.05) is 0 Å². The van der Waals surface area contributed by atoms with Crippen molar-refractivity contribution >= 4 is 11.9 Å². The molecule has 0 aliphatic carbocycles. The SMILES string of the molecule is CC(C)CC(CNC(=O)C1CCNCC1)CC(=O)O. The molecule has 110 valence electrons. The number of carbonyl (C=O) groups excluding carboxylic acids is 1. The van der Waals surface area contributed by atoms with Gasteiger partial charge in [0.15, 0.2) is 0 Å². The van der Waals surface area contributed by atoms with Crippen LogP contribution in [-0.2, 0) is 9.59 Å². The highest BCUT2D eigenvalue weighted by Gasteiger charge is 2.22. The van der Waals surface area contributed by atoms with Crippen molar-refractivity contribution in [2.45, 2.75) is 39.5 Å². The van der Waals surface area contributed by atoms with Gasteiger partial charge in [-0.15, -0.1) is 0 Å². The number of carbonyl (C=O) groups is 2. The average Bonchev–Trinajstić information content (AvgIpc) is 2.35. The molecule has 1 aliphatic rings. The van der Waals surface area contributed by atoms with E-state index in [9.17, 15) is 9.59 Å². The van der Waals surface area contributed by atoms with Crippen LogP contribution >= 0.6 is 0 Å². The molecule has 1 atom stereocenters. The predicted octanol–water partition coefficient (Wildman–Crippen LogP) is 1.24. The molecule has 19 heavy (non-hydrogen) atoms. The molecule has 3 N–H and O–H groups in total. The van der Waals surface area contributed by atoms with Crippen LogP contribution in [0.25, 0.3) is 0 Å². The highest BCUT2D eigenvalue weighted by molar-refractivity contribution is 5.78. The molecule has 1 saturated heterocycles. The number of amides is 1. The number of carboxylic acids is 1. The summed E-state index contributed by atoms with van der Waals surface area (Å²) in [4.78, 5) is 22.8. The van der Waals surface area contributed by atoms with Gasteiger partial charge >= 0.3 is 5.97 Å². The third-order valence-corrected chi connectivity index (χ3v) is 3.54. The van der Waals surface area contributed by atoms with Crippen molar-refractivity contribution in [2.24, 2.45) is 17.8 Å². The van der Waals surface area contributed by atoms with Crippen molar-refractivity contribution in [2.75, 3.05) is 19.6 Å². The normalized spacial score (nSPS) is 18.3. The molecule has 0 saturated carbocycles. The standard InChI is InChI=1S/C14H26N2O3/c1-10(2)7-11(8-13(17)18)9-16-14(19)12-3-5-15-6-4-12/h10-12,15H,3-9H2,1-2H3,(H,16,19)(H,17,18). The molecule has 1 amide bonds. The maximum atomic E-state index is 12.0. The minimum absolute atomic E-state index is 0.0307. The lowest BCUT2D eigenvalue weighted by Crippen LogP contribution is -2.40. The Morgan fingerprint density at radius 3 is 2.47 bits per heavy atom. The van der Waals surface area contributed by atoms with E-state index in [1.54, 1.807) is 0 Å². The number of hydrogen-bond donors (Lipinski definition) is 3. The van der Waals surface area contributed by atoms with Gasteiger partial charge in [0.25, 0.3) is 0 Å². The van der Waals surface area contributed by atoms with Crippen LogP contribution in [0, 0.1) is 17.8 Å². The lowest BCUT2D eigenvalue weighted by atomic mass is 9.93. The Bertz CT molecular complexity index is 299. The number of aliphatic carboxylic acids is 1. The number of carboxylic acid groups (broad SMARTS) is 1. The maximum absolute atomic E-state index is 12.0. The monoisotopic (exact) mass is 270 g/mol. The van der Waals surface area contributed by atoms with Crippen molar-refractivity contribution < 1.29 is 14.7 Å². The predicted molar refractivity (Wildman–Crippen MR) is 73.8 cm³/mol. The number of hydrogen-bond acceptors (Lipinski definition) is 3. The van der Waals surface area contributed by atoms with Crippen molar-refractivity contribution in [3.8, 4) is 0 Å². The van der Waals surface area contributed by atoms with Crippen LogP contribution in [-0.4, -0.2) is 36.6 Å². The fourth-order valence-corrected chi connectivity index (χ4v) is 2.63. The Morgan fingerprint density at radius 2 is 1.95 bits per heavy atom. The second-order valence-corrected chi connectivity index (χ2v) is 5.86. The Labute approximate surface area is 115 Å². The molecule has 0 aromatic carbocycles. The molecular formula is C14H26N2O3. The topological polar surface area (TPSA) is 78.4 Å². The first-order valence-electron chi connectivity index (χ1n) is 7.19. The van der Waals surface area contributed by atoms with Crippen LogP contribution < -0.4 is 10.6 Å². The zero-order chi connectivity index (χ0) is 14.3. The molecule has 0 aromatic rings.